The lowest BCUT2D eigenvalue weighted by Crippen LogP contribution is -2.46. The second kappa shape index (κ2) is 9.79. The lowest BCUT2D eigenvalue weighted by Gasteiger charge is -2.33. The first kappa shape index (κ1) is 19.8. The highest BCUT2D eigenvalue weighted by Gasteiger charge is 2.27. The minimum atomic E-state index is -0.0998. The van der Waals surface area contributed by atoms with Gasteiger partial charge in [-0.2, -0.15) is 0 Å². The van der Waals surface area contributed by atoms with Crippen molar-refractivity contribution in [3.8, 4) is 0 Å². The Bertz CT molecular complexity index is 652. The van der Waals surface area contributed by atoms with Gasteiger partial charge in [0.25, 0.3) is 5.91 Å². The fraction of sp³-hybridized carbons (Fsp3) is 0.526. The summed E-state index contributed by atoms with van der Waals surface area (Å²) in [7, 11) is 3.37. The van der Waals surface area contributed by atoms with Crippen LogP contribution in [0.2, 0.25) is 0 Å². The van der Waals surface area contributed by atoms with Crippen molar-refractivity contribution in [2.75, 3.05) is 33.8 Å². The van der Waals surface area contributed by atoms with Crippen LogP contribution in [-0.4, -0.2) is 56.5 Å². The van der Waals surface area contributed by atoms with E-state index in [0.29, 0.717) is 18.7 Å². The van der Waals surface area contributed by atoms with Crippen molar-refractivity contribution in [1.82, 2.24) is 15.5 Å². The Morgan fingerprint density at radius 2 is 2.04 bits per heavy atom. The smallest absolute Gasteiger partial charge is 0.309 e. The molecule has 7 nitrogen and oxygen atoms in total. The lowest BCUT2D eigenvalue weighted by molar-refractivity contribution is -0.149. The molecule has 1 saturated heterocycles. The molecule has 0 atom stereocenters. The number of rotatable bonds is 5. The van der Waals surface area contributed by atoms with Gasteiger partial charge in [-0.25, -0.2) is 0 Å². The molecule has 1 aliphatic rings. The molecular formula is C19H28N4O3. The molecular weight excluding hydrogens is 332 g/mol. The van der Waals surface area contributed by atoms with Crippen molar-refractivity contribution >= 4 is 17.8 Å². The first-order valence-corrected chi connectivity index (χ1v) is 9.02. The summed E-state index contributed by atoms with van der Waals surface area (Å²) >= 11 is 0. The van der Waals surface area contributed by atoms with E-state index in [2.05, 4.69) is 20.5 Å². The number of carbonyl (C=O) groups excluding carboxylic acids is 2. The molecule has 0 saturated carbocycles. The normalized spacial score (nSPS) is 15.5. The van der Waals surface area contributed by atoms with E-state index in [0.717, 1.165) is 37.5 Å². The first-order chi connectivity index (χ1) is 12.6. The topological polar surface area (TPSA) is 83.0 Å². The van der Waals surface area contributed by atoms with Gasteiger partial charge in [0.2, 0.25) is 0 Å². The third-order valence-corrected chi connectivity index (χ3v) is 4.49. The Labute approximate surface area is 154 Å². The quantitative estimate of drug-likeness (QED) is 0.471. The minimum absolute atomic E-state index is 0.0199. The zero-order valence-electron chi connectivity index (χ0n) is 15.7. The maximum absolute atomic E-state index is 11.8. The van der Waals surface area contributed by atoms with Crippen LogP contribution in [-0.2, 0) is 16.1 Å². The first-order valence-electron chi connectivity index (χ1n) is 9.02. The Hall–Kier alpha value is -2.57. The van der Waals surface area contributed by atoms with Crippen molar-refractivity contribution in [3.05, 3.63) is 35.4 Å². The number of nitrogens with one attached hydrogen (secondary N) is 2. The van der Waals surface area contributed by atoms with Gasteiger partial charge in [-0.3, -0.25) is 14.6 Å². The average molecular weight is 360 g/mol. The summed E-state index contributed by atoms with van der Waals surface area (Å²) < 4.78 is 5.11. The number of hydrogen-bond donors (Lipinski definition) is 2. The summed E-state index contributed by atoms with van der Waals surface area (Å²) in [5, 5.41) is 5.97. The third kappa shape index (κ3) is 5.21. The Morgan fingerprint density at radius 1 is 1.31 bits per heavy atom. The molecule has 1 fully saturated rings. The standard InChI is InChI=1S/C19H28N4O3/c1-4-26-18(25)15-8-10-23(11-9-15)19(21-3)22-13-14-6-5-7-16(12-14)17(24)20-2/h5-7,12,15H,4,8-11,13H2,1-3H3,(H,20,24)(H,21,22). The number of hydrogen-bond acceptors (Lipinski definition) is 4. The molecule has 0 spiro atoms. The molecule has 0 aromatic heterocycles. The highest BCUT2D eigenvalue weighted by Crippen LogP contribution is 2.18. The Kier molecular flexibility index (Phi) is 7.44. The second-order valence-corrected chi connectivity index (χ2v) is 6.19. The molecule has 1 heterocycles. The van der Waals surface area contributed by atoms with Gasteiger partial charge >= 0.3 is 5.97 Å². The number of nitrogens with zero attached hydrogens (tertiary/aromatic N) is 2. The molecule has 0 bridgehead atoms. The highest BCUT2D eigenvalue weighted by molar-refractivity contribution is 5.94. The van der Waals surface area contributed by atoms with Crippen LogP contribution in [0.15, 0.2) is 29.3 Å². The van der Waals surface area contributed by atoms with Crippen LogP contribution in [0.4, 0.5) is 0 Å². The molecule has 0 aliphatic carbocycles. The SMILES string of the molecule is CCOC(=O)C1CCN(C(=NC)NCc2cccc(C(=O)NC)c2)CC1. The van der Waals surface area contributed by atoms with Crippen LogP contribution in [0.3, 0.4) is 0 Å². The number of carbonyl (C=O) groups is 2. The molecule has 26 heavy (non-hydrogen) atoms. The van der Waals surface area contributed by atoms with Gasteiger partial charge in [0.05, 0.1) is 12.5 Å². The number of piperidine rings is 1. The average Bonchev–Trinajstić information content (AvgIpc) is 2.68. The van der Waals surface area contributed by atoms with E-state index in [1.165, 1.54) is 0 Å². The highest BCUT2D eigenvalue weighted by atomic mass is 16.5. The largest absolute Gasteiger partial charge is 0.466 e. The number of esters is 1. The summed E-state index contributed by atoms with van der Waals surface area (Å²) in [6.07, 6.45) is 1.54. The zero-order valence-corrected chi connectivity index (χ0v) is 15.7. The molecule has 2 rings (SSSR count). The van der Waals surface area contributed by atoms with Crippen molar-refractivity contribution in [2.24, 2.45) is 10.9 Å². The predicted octanol–water partition coefficient (Wildman–Crippen LogP) is 1.40. The lowest BCUT2D eigenvalue weighted by atomic mass is 9.97. The molecule has 1 aliphatic heterocycles. The number of benzene rings is 1. The van der Waals surface area contributed by atoms with E-state index in [1.54, 1.807) is 20.2 Å². The van der Waals surface area contributed by atoms with Crippen LogP contribution >= 0.6 is 0 Å². The second-order valence-electron chi connectivity index (χ2n) is 6.19. The van der Waals surface area contributed by atoms with E-state index < -0.39 is 0 Å². The monoisotopic (exact) mass is 360 g/mol. The molecule has 0 radical (unpaired) electrons. The predicted molar refractivity (Wildman–Crippen MR) is 101 cm³/mol. The third-order valence-electron chi connectivity index (χ3n) is 4.49. The van der Waals surface area contributed by atoms with Crippen LogP contribution in [0.25, 0.3) is 0 Å². The summed E-state index contributed by atoms with van der Waals surface area (Å²) in [5.41, 5.74) is 1.64. The van der Waals surface area contributed by atoms with Crippen molar-refractivity contribution in [3.63, 3.8) is 0 Å². The van der Waals surface area contributed by atoms with Crippen LogP contribution in [0, 0.1) is 5.92 Å². The van der Waals surface area contributed by atoms with Crippen LogP contribution in [0.1, 0.15) is 35.7 Å². The summed E-state index contributed by atoms with van der Waals surface area (Å²) in [6.45, 7) is 4.37. The van der Waals surface area contributed by atoms with Crippen molar-refractivity contribution < 1.29 is 14.3 Å². The zero-order chi connectivity index (χ0) is 18.9. The van der Waals surface area contributed by atoms with E-state index in [4.69, 9.17) is 4.74 Å². The van der Waals surface area contributed by atoms with E-state index in [1.807, 2.05) is 25.1 Å². The number of aliphatic imine (C=N–C) groups is 1. The van der Waals surface area contributed by atoms with Gasteiger partial charge in [0.1, 0.15) is 0 Å². The molecule has 1 aromatic carbocycles. The Morgan fingerprint density at radius 3 is 2.65 bits per heavy atom. The van der Waals surface area contributed by atoms with Gasteiger partial charge in [-0.15, -0.1) is 0 Å². The van der Waals surface area contributed by atoms with Crippen molar-refractivity contribution in [1.29, 1.82) is 0 Å². The van der Waals surface area contributed by atoms with Crippen molar-refractivity contribution in [2.45, 2.75) is 26.3 Å². The maximum Gasteiger partial charge on any atom is 0.309 e. The number of amides is 1. The molecule has 0 unspecified atom stereocenters. The Balaban J connectivity index is 1.89. The molecule has 1 aromatic rings. The molecule has 7 heteroatoms. The number of guanidine groups is 1. The number of ether oxygens (including phenoxy) is 1. The van der Waals surface area contributed by atoms with E-state index in [9.17, 15) is 9.59 Å². The molecule has 2 N–H and O–H groups in total. The summed E-state index contributed by atoms with van der Waals surface area (Å²) in [4.78, 5) is 30.1. The summed E-state index contributed by atoms with van der Waals surface area (Å²) in [5.74, 6) is 0.588. The molecule has 142 valence electrons. The van der Waals surface area contributed by atoms with E-state index in [-0.39, 0.29) is 17.8 Å². The van der Waals surface area contributed by atoms with Gasteiger partial charge < -0.3 is 20.3 Å². The van der Waals surface area contributed by atoms with Gasteiger partial charge in [0.15, 0.2) is 5.96 Å². The number of likely N-dealkylation sites (tertiary alicyclic amines) is 1. The van der Waals surface area contributed by atoms with E-state index >= 15 is 0 Å². The van der Waals surface area contributed by atoms with Crippen LogP contribution in [0.5, 0.6) is 0 Å². The fourth-order valence-electron chi connectivity index (χ4n) is 3.07. The molecule has 1 amide bonds. The van der Waals surface area contributed by atoms with Gasteiger partial charge in [0, 0.05) is 39.3 Å². The maximum atomic E-state index is 11.8. The fourth-order valence-corrected chi connectivity index (χ4v) is 3.07. The van der Waals surface area contributed by atoms with Gasteiger partial charge in [-0.05, 0) is 37.5 Å². The van der Waals surface area contributed by atoms with Gasteiger partial charge in [-0.1, -0.05) is 12.1 Å². The minimum Gasteiger partial charge on any atom is -0.466 e. The summed E-state index contributed by atoms with van der Waals surface area (Å²) in [6, 6.07) is 7.50. The van der Waals surface area contributed by atoms with Crippen LogP contribution < -0.4 is 10.6 Å².